The Morgan fingerprint density at radius 1 is 1.43 bits per heavy atom. The first-order chi connectivity index (χ1) is 10.3. The summed E-state index contributed by atoms with van der Waals surface area (Å²) >= 11 is 0. The van der Waals surface area contributed by atoms with Gasteiger partial charge in [-0.1, -0.05) is 13.8 Å². The minimum Gasteiger partial charge on any atom is -0.378 e. The third-order valence-electron chi connectivity index (χ3n) is 4.29. The summed E-state index contributed by atoms with van der Waals surface area (Å²) in [5.74, 6) is 0. The number of rotatable bonds is 9. The second kappa shape index (κ2) is 8.54. The van der Waals surface area contributed by atoms with Gasteiger partial charge in [0.2, 0.25) is 0 Å². The highest BCUT2D eigenvalue weighted by atomic mass is 16.5. The molecule has 0 bridgehead atoms. The third-order valence-corrected chi connectivity index (χ3v) is 4.29. The van der Waals surface area contributed by atoms with Gasteiger partial charge in [-0.25, -0.2) is 0 Å². The molecule has 1 aliphatic heterocycles. The second-order valence-electron chi connectivity index (χ2n) is 6.02. The van der Waals surface area contributed by atoms with E-state index < -0.39 is 0 Å². The maximum atomic E-state index is 5.82. The number of nitrogens with zero attached hydrogens (tertiary/aromatic N) is 2. The van der Waals surface area contributed by atoms with E-state index in [9.17, 15) is 0 Å². The molecule has 0 aliphatic carbocycles. The molecule has 1 aromatic heterocycles. The van der Waals surface area contributed by atoms with E-state index in [1.165, 1.54) is 30.7 Å². The molecule has 0 radical (unpaired) electrons. The van der Waals surface area contributed by atoms with E-state index in [1.807, 2.05) is 0 Å². The van der Waals surface area contributed by atoms with Crippen molar-refractivity contribution in [3.63, 3.8) is 0 Å². The molecule has 1 saturated heterocycles. The summed E-state index contributed by atoms with van der Waals surface area (Å²) in [7, 11) is 0. The zero-order chi connectivity index (χ0) is 15.1. The minimum atomic E-state index is 0.447. The fraction of sp³-hybridized carbons (Fsp3) is 0.824. The molecular formula is C17H31N3O. The molecule has 4 nitrogen and oxygen atoms in total. The monoisotopic (exact) mass is 293 g/mol. The van der Waals surface area contributed by atoms with Gasteiger partial charge in [0, 0.05) is 31.3 Å². The smallest absolute Gasteiger partial charge is 0.0624 e. The lowest BCUT2D eigenvalue weighted by Gasteiger charge is -2.22. The molecular weight excluding hydrogens is 262 g/mol. The Balaban J connectivity index is 2.00. The number of nitrogens with one attached hydrogen (secondary N) is 1. The maximum absolute atomic E-state index is 5.82. The van der Waals surface area contributed by atoms with E-state index in [0.29, 0.717) is 12.1 Å². The van der Waals surface area contributed by atoms with Crippen LogP contribution in [0, 0.1) is 0 Å². The van der Waals surface area contributed by atoms with Gasteiger partial charge < -0.3 is 10.1 Å². The summed E-state index contributed by atoms with van der Waals surface area (Å²) in [6.07, 6.45) is 7.25. The molecule has 1 aromatic rings. The Morgan fingerprint density at radius 2 is 2.29 bits per heavy atom. The molecule has 0 spiro atoms. The Labute approximate surface area is 129 Å². The number of aromatic nitrogens is 2. The van der Waals surface area contributed by atoms with Crippen LogP contribution < -0.4 is 5.32 Å². The summed E-state index contributed by atoms with van der Waals surface area (Å²) in [5.41, 5.74) is 2.57. The first-order valence-electron chi connectivity index (χ1n) is 8.67. The van der Waals surface area contributed by atoms with Crippen LogP contribution in [0.3, 0.4) is 0 Å². The first-order valence-corrected chi connectivity index (χ1v) is 8.67. The van der Waals surface area contributed by atoms with Crippen molar-refractivity contribution in [1.29, 1.82) is 0 Å². The lowest BCUT2D eigenvalue weighted by molar-refractivity contribution is 0.0943. The second-order valence-corrected chi connectivity index (χ2v) is 6.02. The van der Waals surface area contributed by atoms with Gasteiger partial charge in [0.25, 0.3) is 0 Å². The molecule has 0 amide bonds. The Morgan fingerprint density at radius 3 is 2.90 bits per heavy atom. The lowest BCUT2D eigenvalue weighted by atomic mass is 10.0. The molecule has 0 aromatic carbocycles. The van der Waals surface area contributed by atoms with Crippen molar-refractivity contribution in [2.45, 2.75) is 78.0 Å². The SMILES string of the molecule is CCCNC(Cc1cc(CC)nn1CC)CC1CCCO1. The van der Waals surface area contributed by atoms with Gasteiger partial charge >= 0.3 is 0 Å². The van der Waals surface area contributed by atoms with E-state index in [0.717, 1.165) is 39.0 Å². The number of hydrogen-bond acceptors (Lipinski definition) is 3. The van der Waals surface area contributed by atoms with Gasteiger partial charge in [0.1, 0.15) is 0 Å². The molecule has 0 saturated carbocycles. The highest BCUT2D eigenvalue weighted by Crippen LogP contribution is 2.19. The van der Waals surface area contributed by atoms with Crippen molar-refractivity contribution in [1.82, 2.24) is 15.1 Å². The molecule has 120 valence electrons. The van der Waals surface area contributed by atoms with Gasteiger partial charge in [-0.2, -0.15) is 5.10 Å². The van der Waals surface area contributed by atoms with Crippen LogP contribution in [0.25, 0.3) is 0 Å². The van der Waals surface area contributed by atoms with Crippen LogP contribution in [0.4, 0.5) is 0 Å². The van der Waals surface area contributed by atoms with E-state index in [-0.39, 0.29) is 0 Å². The summed E-state index contributed by atoms with van der Waals surface area (Å²) in [4.78, 5) is 0. The van der Waals surface area contributed by atoms with Gasteiger partial charge in [0.15, 0.2) is 0 Å². The number of ether oxygens (including phenoxy) is 1. The Hall–Kier alpha value is -0.870. The molecule has 4 heteroatoms. The van der Waals surface area contributed by atoms with Crippen LogP contribution in [0.2, 0.25) is 0 Å². The maximum Gasteiger partial charge on any atom is 0.0624 e. The van der Waals surface area contributed by atoms with Gasteiger partial charge in [-0.05, 0) is 51.6 Å². The zero-order valence-electron chi connectivity index (χ0n) is 13.9. The van der Waals surface area contributed by atoms with E-state index >= 15 is 0 Å². The zero-order valence-corrected chi connectivity index (χ0v) is 13.9. The standard InChI is InChI=1S/C17H31N3O/c1-4-9-18-15(13-17-8-7-10-21-17)12-16-11-14(5-2)19-20(16)6-3/h11,15,17-18H,4-10,12-13H2,1-3H3. The fourth-order valence-electron chi connectivity index (χ4n) is 3.11. The summed E-state index contributed by atoms with van der Waals surface area (Å²) in [6, 6.07) is 2.78. The molecule has 2 unspecified atom stereocenters. The summed E-state index contributed by atoms with van der Waals surface area (Å²) in [5, 5.41) is 8.37. The topological polar surface area (TPSA) is 39.1 Å². The molecule has 2 rings (SSSR count). The molecule has 2 heterocycles. The number of hydrogen-bond donors (Lipinski definition) is 1. The van der Waals surface area contributed by atoms with E-state index in [4.69, 9.17) is 4.74 Å². The number of aryl methyl sites for hydroxylation is 2. The van der Waals surface area contributed by atoms with Crippen LogP contribution in [0.15, 0.2) is 6.07 Å². The molecule has 1 aliphatic rings. The normalized spacial score (nSPS) is 20.0. The predicted molar refractivity (Wildman–Crippen MR) is 86.7 cm³/mol. The molecule has 2 atom stereocenters. The van der Waals surface area contributed by atoms with Gasteiger partial charge in [-0.3, -0.25) is 4.68 Å². The average Bonchev–Trinajstić information content (AvgIpc) is 3.14. The van der Waals surface area contributed by atoms with Crippen molar-refractivity contribution in [3.8, 4) is 0 Å². The van der Waals surface area contributed by atoms with Crippen molar-refractivity contribution in [3.05, 3.63) is 17.5 Å². The van der Waals surface area contributed by atoms with Crippen LogP contribution in [0.5, 0.6) is 0 Å². The van der Waals surface area contributed by atoms with E-state index in [2.05, 4.69) is 41.9 Å². The van der Waals surface area contributed by atoms with Crippen LogP contribution in [-0.4, -0.2) is 35.1 Å². The largest absolute Gasteiger partial charge is 0.378 e. The minimum absolute atomic E-state index is 0.447. The highest BCUT2D eigenvalue weighted by Gasteiger charge is 2.22. The molecule has 1 fully saturated rings. The van der Waals surface area contributed by atoms with Crippen LogP contribution >= 0.6 is 0 Å². The average molecular weight is 293 g/mol. The van der Waals surface area contributed by atoms with Crippen LogP contribution in [-0.2, 0) is 24.1 Å². The molecule has 21 heavy (non-hydrogen) atoms. The quantitative estimate of drug-likeness (QED) is 0.761. The van der Waals surface area contributed by atoms with Crippen molar-refractivity contribution in [2.75, 3.05) is 13.2 Å². The van der Waals surface area contributed by atoms with Gasteiger partial charge in [0.05, 0.1) is 11.8 Å². The van der Waals surface area contributed by atoms with Crippen molar-refractivity contribution >= 4 is 0 Å². The summed E-state index contributed by atoms with van der Waals surface area (Å²) in [6.45, 7) is 9.55. The first kappa shape index (κ1) is 16.5. The van der Waals surface area contributed by atoms with Crippen LogP contribution in [0.1, 0.15) is 57.8 Å². The van der Waals surface area contributed by atoms with E-state index in [1.54, 1.807) is 0 Å². The predicted octanol–water partition coefficient (Wildman–Crippen LogP) is 2.95. The lowest BCUT2D eigenvalue weighted by Crippen LogP contribution is -2.35. The third kappa shape index (κ3) is 4.82. The fourth-order valence-corrected chi connectivity index (χ4v) is 3.11. The molecule has 1 N–H and O–H groups in total. The summed E-state index contributed by atoms with van der Waals surface area (Å²) < 4.78 is 7.98. The Kier molecular flexibility index (Phi) is 6.71. The van der Waals surface area contributed by atoms with Crippen molar-refractivity contribution < 1.29 is 4.74 Å². The van der Waals surface area contributed by atoms with Gasteiger partial charge in [-0.15, -0.1) is 0 Å². The highest BCUT2D eigenvalue weighted by molar-refractivity contribution is 5.12. The Bertz CT molecular complexity index is 410. The van der Waals surface area contributed by atoms with Crippen molar-refractivity contribution in [2.24, 2.45) is 0 Å².